The summed E-state index contributed by atoms with van der Waals surface area (Å²) in [6, 6.07) is 10.2. The third-order valence-electron chi connectivity index (χ3n) is 9.28. The first kappa shape index (κ1) is 33.0. The van der Waals surface area contributed by atoms with Gasteiger partial charge in [-0.05, 0) is 55.0 Å². The number of unbranched alkanes of at least 4 members (excludes halogenated alkanes) is 1. The predicted molar refractivity (Wildman–Crippen MR) is 178 cm³/mol. The molecule has 2 aromatic carbocycles. The molecule has 5 atom stereocenters. The van der Waals surface area contributed by atoms with Gasteiger partial charge in [0.1, 0.15) is 6.10 Å². The molecule has 0 aliphatic heterocycles. The van der Waals surface area contributed by atoms with Gasteiger partial charge in [0.25, 0.3) is 0 Å². The van der Waals surface area contributed by atoms with Gasteiger partial charge in [-0.3, -0.25) is 14.9 Å². The maximum atomic E-state index is 13.7. The van der Waals surface area contributed by atoms with Gasteiger partial charge >= 0.3 is 5.69 Å². The van der Waals surface area contributed by atoms with E-state index in [0.717, 1.165) is 17.7 Å². The Bertz CT molecular complexity index is 2200. The summed E-state index contributed by atoms with van der Waals surface area (Å²) < 4.78 is 16.8. The summed E-state index contributed by atoms with van der Waals surface area (Å²) in [6.45, 7) is 0.380. The molecule has 15 nitrogen and oxygen atoms in total. The summed E-state index contributed by atoms with van der Waals surface area (Å²) in [5.41, 5.74) is 0.956. The van der Waals surface area contributed by atoms with E-state index in [0.29, 0.717) is 65.6 Å². The molecule has 256 valence electrons. The number of fused-ring (bicyclic) bond motifs is 2. The van der Waals surface area contributed by atoms with Gasteiger partial charge in [0.15, 0.2) is 17.0 Å². The van der Waals surface area contributed by atoms with Crippen LogP contribution in [0.2, 0.25) is 5.02 Å². The van der Waals surface area contributed by atoms with Gasteiger partial charge in [0, 0.05) is 37.0 Å². The molecule has 4 N–H and O–H groups in total. The zero-order chi connectivity index (χ0) is 35.2. The van der Waals surface area contributed by atoms with Crippen molar-refractivity contribution in [2.24, 2.45) is 11.3 Å². The number of anilines is 1. The molecule has 7 rings (SSSR count). The SMILES string of the molecule is CNC(=O)[C@]12CC1[C@@H](n1cnc3c(NCc4cccc(Cl)c4)nc(C#CCCCc4cn(-c5ccc(F)c([N+](=O)[O-])c5)nn4)nc31)[C@H](O)[C@@H]2O. The van der Waals surface area contributed by atoms with Crippen molar-refractivity contribution in [3.8, 4) is 17.5 Å². The number of aliphatic hydroxyl groups excluding tert-OH is 2. The molecule has 0 saturated heterocycles. The van der Waals surface area contributed by atoms with Crippen molar-refractivity contribution >= 4 is 40.2 Å². The number of aliphatic hydroxyl groups is 2. The Morgan fingerprint density at radius 2 is 2.08 bits per heavy atom. The highest BCUT2D eigenvalue weighted by Gasteiger charge is 2.75. The lowest BCUT2D eigenvalue weighted by Gasteiger charge is -2.23. The van der Waals surface area contributed by atoms with Gasteiger partial charge in [0.2, 0.25) is 17.5 Å². The first-order valence-electron chi connectivity index (χ1n) is 15.8. The van der Waals surface area contributed by atoms with Crippen LogP contribution in [0.3, 0.4) is 0 Å². The molecule has 0 spiro atoms. The van der Waals surface area contributed by atoms with Gasteiger partial charge in [-0.15, -0.1) is 5.10 Å². The lowest BCUT2D eigenvalue weighted by molar-refractivity contribution is -0.387. The van der Waals surface area contributed by atoms with Crippen LogP contribution in [0.15, 0.2) is 55.0 Å². The van der Waals surface area contributed by atoms with E-state index < -0.39 is 40.1 Å². The van der Waals surface area contributed by atoms with Crippen LogP contribution < -0.4 is 10.6 Å². The average molecular weight is 701 g/mol. The second-order valence-corrected chi connectivity index (χ2v) is 12.7. The number of carbonyl (C=O) groups is 1. The van der Waals surface area contributed by atoms with Crippen LogP contribution >= 0.6 is 11.6 Å². The van der Waals surface area contributed by atoms with Gasteiger partial charge in [-0.25, -0.2) is 19.6 Å². The summed E-state index contributed by atoms with van der Waals surface area (Å²) in [5.74, 6) is 5.17. The van der Waals surface area contributed by atoms with E-state index in [1.54, 1.807) is 16.8 Å². The maximum absolute atomic E-state index is 13.7. The molecule has 0 bridgehead atoms. The standard InChI is InChI=1S/C33H30ClFN10O5/c1-36-32(48)33-14-22(33)27(28(46)29(33)47)43-17-38-26-30(37-15-18-6-5-7-19(34)12-18)39-25(40-31(26)43)9-4-2-3-8-20-16-44(42-41-20)21-10-11-23(35)24(13-21)45(49)50/h5-7,10-13,16-17,22,27-29,46-47H,2-3,8,14-15H2,1H3,(H,36,48)(H,37,39,40)/t22?,27-,28+,29+,33-/m1/s1. The van der Waals surface area contributed by atoms with Crippen LogP contribution in [-0.2, 0) is 17.8 Å². The first-order chi connectivity index (χ1) is 24.1. The fourth-order valence-corrected chi connectivity index (χ4v) is 6.97. The molecule has 5 aromatic rings. The van der Waals surface area contributed by atoms with E-state index >= 15 is 0 Å². The number of imidazole rings is 1. The number of benzene rings is 2. The topological polar surface area (TPSA) is 199 Å². The maximum Gasteiger partial charge on any atom is 0.306 e. The number of halogens is 2. The summed E-state index contributed by atoms with van der Waals surface area (Å²) in [4.78, 5) is 36.9. The smallest absolute Gasteiger partial charge is 0.306 e. The quantitative estimate of drug-likeness (QED) is 0.0722. The molecule has 50 heavy (non-hydrogen) atoms. The van der Waals surface area contributed by atoms with Crippen LogP contribution in [0.1, 0.15) is 42.4 Å². The number of carbonyl (C=O) groups excluding carboxylic acids is 1. The van der Waals surface area contributed by atoms with Crippen molar-refractivity contribution in [2.75, 3.05) is 12.4 Å². The summed E-state index contributed by atoms with van der Waals surface area (Å²) >= 11 is 6.18. The van der Waals surface area contributed by atoms with E-state index in [4.69, 9.17) is 11.6 Å². The zero-order valence-corrected chi connectivity index (χ0v) is 27.2. The van der Waals surface area contributed by atoms with E-state index in [9.17, 15) is 29.5 Å². The molecule has 2 aliphatic carbocycles. The average Bonchev–Trinajstić information content (AvgIpc) is 3.33. The Morgan fingerprint density at radius 1 is 1.24 bits per heavy atom. The summed E-state index contributed by atoms with van der Waals surface area (Å²) in [5, 5.41) is 47.7. The molecular weight excluding hydrogens is 671 g/mol. The number of hydrogen-bond donors (Lipinski definition) is 4. The largest absolute Gasteiger partial charge is 0.389 e. The lowest BCUT2D eigenvalue weighted by atomic mass is 9.98. The third kappa shape index (κ3) is 5.89. The number of hydrogen-bond acceptors (Lipinski definition) is 11. The Hall–Kier alpha value is -5.50. The van der Waals surface area contributed by atoms with Crippen molar-refractivity contribution in [3.63, 3.8) is 0 Å². The molecule has 17 heteroatoms. The Balaban J connectivity index is 1.11. The summed E-state index contributed by atoms with van der Waals surface area (Å²) in [7, 11) is 1.51. The normalized spacial score (nSPS) is 22.1. The predicted octanol–water partition coefficient (Wildman–Crippen LogP) is 3.12. The lowest BCUT2D eigenvalue weighted by Crippen LogP contribution is -2.41. The van der Waals surface area contributed by atoms with E-state index in [1.807, 2.05) is 18.2 Å². The molecule has 2 aliphatic rings. The summed E-state index contributed by atoms with van der Waals surface area (Å²) in [6.07, 6.45) is 2.68. The highest BCUT2D eigenvalue weighted by molar-refractivity contribution is 6.30. The minimum absolute atomic E-state index is 0.207. The molecular formula is C33H30ClFN10O5. The molecule has 0 radical (unpaired) electrons. The second-order valence-electron chi connectivity index (χ2n) is 12.3. The number of nitro groups is 1. The Kier molecular flexibility index (Phi) is 8.64. The van der Waals surface area contributed by atoms with Crippen molar-refractivity contribution in [1.82, 2.24) is 39.8 Å². The minimum atomic E-state index is -1.24. The third-order valence-corrected chi connectivity index (χ3v) is 9.52. The highest BCUT2D eigenvalue weighted by atomic mass is 35.5. The van der Waals surface area contributed by atoms with Crippen LogP contribution in [0.4, 0.5) is 15.9 Å². The van der Waals surface area contributed by atoms with Crippen LogP contribution in [0.25, 0.3) is 16.9 Å². The molecule has 2 saturated carbocycles. The van der Waals surface area contributed by atoms with Gasteiger partial charge in [-0.1, -0.05) is 34.9 Å². The van der Waals surface area contributed by atoms with Crippen molar-refractivity contribution < 1.29 is 24.3 Å². The zero-order valence-electron chi connectivity index (χ0n) is 26.5. The molecule has 1 amide bonds. The Morgan fingerprint density at radius 3 is 2.86 bits per heavy atom. The van der Waals surface area contributed by atoms with Crippen LogP contribution in [0, 0.1) is 39.1 Å². The number of rotatable bonds is 10. The van der Waals surface area contributed by atoms with Crippen molar-refractivity contribution in [1.29, 1.82) is 0 Å². The van der Waals surface area contributed by atoms with Gasteiger partial charge < -0.3 is 25.4 Å². The number of amides is 1. The first-order valence-corrected chi connectivity index (χ1v) is 16.1. The molecule has 1 unspecified atom stereocenters. The van der Waals surface area contributed by atoms with Crippen LogP contribution in [-0.4, -0.2) is 74.8 Å². The van der Waals surface area contributed by atoms with E-state index in [-0.39, 0.29) is 17.6 Å². The van der Waals surface area contributed by atoms with E-state index in [1.165, 1.54) is 24.1 Å². The minimum Gasteiger partial charge on any atom is -0.389 e. The highest BCUT2D eigenvalue weighted by Crippen LogP contribution is 2.67. The molecule has 2 fully saturated rings. The van der Waals surface area contributed by atoms with Gasteiger partial charge in [-0.2, -0.15) is 4.39 Å². The Labute approximate surface area is 288 Å². The molecule has 3 aromatic heterocycles. The number of nitro benzene ring substituents is 1. The monoisotopic (exact) mass is 700 g/mol. The molecule has 3 heterocycles. The van der Waals surface area contributed by atoms with Crippen LogP contribution in [0.5, 0.6) is 0 Å². The van der Waals surface area contributed by atoms with Gasteiger partial charge in [0.05, 0.1) is 46.4 Å². The number of aromatic nitrogens is 7. The van der Waals surface area contributed by atoms with Crippen molar-refractivity contribution in [2.45, 2.75) is 50.5 Å². The second kappa shape index (κ2) is 13.1. The fourth-order valence-electron chi connectivity index (χ4n) is 6.76. The van der Waals surface area contributed by atoms with E-state index in [2.05, 4.69) is 47.7 Å². The number of aryl methyl sites for hydroxylation is 1. The fraction of sp³-hybridized carbons (Fsp3) is 0.333. The van der Waals surface area contributed by atoms with Crippen molar-refractivity contribution in [3.05, 3.63) is 93.0 Å². The number of nitrogens with zero attached hydrogens (tertiary/aromatic N) is 8. The number of nitrogens with one attached hydrogen (secondary N) is 2.